The maximum Gasteiger partial charge on any atom is 0.263 e. The number of ether oxygens (including phenoxy) is 1. The van der Waals surface area contributed by atoms with Gasteiger partial charge in [0.1, 0.15) is 5.75 Å². The Morgan fingerprint density at radius 1 is 1.46 bits per heavy atom. The van der Waals surface area contributed by atoms with Gasteiger partial charge in [0.25, 0.3) is 5.91 Å². The summed E-state index contributed by atoms with van der Waals surface area (Å²) >= 11 is 2.82. The smallest absolute Gasteiger partial charge is 0.263 e. The number of amidine groups is 2. The molecule has 9 heteroatoms. The summed E-state index contributed by atoms with van der Waals surface area (Å²) in [6.07, 6.45) is 3.83. The molecule has 1 saturated heterocycles. The van der Waals surface area contributed by atoms with Gasteiger partial charge in [-0.15, -0.1) is 0 Å². The number of benzene rings is 1. The second-order valence-electron chi connectivity index (χ2n) is 6.63. The Balaban J connectivity index is 1.32. The first-order chi connectivity index (χ1) is 13.6. The largest absolute Gasteiger partial charge is 0.497 e. The predicted molar refractivity (Wildman–Crippen MR) is 112 cm³/mol. The highest BCUT2D eigenvalue weighted by atomic mass is 32.2. The van der Waals surface area contributed by atoms with Gasteiger partial charge in [-0.3, -0.25) is 19.6 Å². The Kier molecular flexibility index (Phi) is 5.72. The summed E-state index contributed by atoms with van der Waals surface area (Å²) in [7, 11) is 1.63. The van der Waals surface area contributed by atoms with Crippen molar-refractivity contribution in [3.8, 4) is 5.75 Å². The van der Waals surface area contributed by atoms with Crippen LogP contribution in [0.2, 0.25) is 0 Å². The monoisotopic (exact) mass is 416 g/mol. The molecule has 0 radical (unpaired) electrons. The molecule has 1 unspecified atom stereocenters. The summed E-state index contributed by atoms with van der Waals surface area (Å²) < 4.78 is 5.21. The highest BCUT2D eigenvalue weighted by molar-refractivity contribution is 8.18. The van der Waals surface area contributed by atoms with Crippen LogP contribution in [0.1, 0.15) is 18.4 Å². The highest BCUT2D eigenvalue weighted by Gasteiger charge is 2.32. The van der Waals surface area contributed by atoms with E-state index in [0.29, 0.717) is 28.3 Å². The number of hydrogen-bond acceptors (Lipinski definition) is 7. The van der Waals surface area contributed by atoms with E-state index < -0.39 is 0 Å². The number of methoxy groups -OCH3 is 1. The molecule has 2 N–H and O–H groups in total. The SMILES string of the molecule is COc1cccc(C/N=C2/NC(=O)/C(=C/C3CN=C(NC(=O)C4CC4)S3)S2)c1. The van der Waals surface area contributed by atoms with Gasteiger partial charge in [0, 0.05) is 5.92 Å². The Bertz CT molecular complexity index is 893. The second kappa shape index (κ2) is 8.40. The van der Waals surface area contributed by atoms with Crippen LogP contribution in [-0.4, -0.2) is 41.1 Å². The van der Waals surface area contributed by atoms with Crippen LogP contribution in [0.4, 0.5) is 0 Å². The van der Waals surface area contributed by atoms with Crippen LogP contribution >= 0.6 is 23.5 Å². The van der Waals surface area contributed by atoms with Gasteiger partial charge in [-0.2, -0.15) is 0 Å². The van der Waals surface area contributed by atoms with E-state index in [2.05, 4.69) is 20.6 Å². The zero-order chi connectivity index (χ0) is 19.5. The third-order valence-corrected chi connectivity index (χ3v) is 6.39. The molecule has 1 atom stereocenters. The summed E-state index contributed by atoms with van der Waals surface area (Å²) in [4.78, 5) is 33.5. The van der Waals surface area contributed by atoms with Crippen LogP contribution in [0.5, 0.6) is 5.75 Å². The number of carbonyl (C=O) groups excluding carboxylic acids is 2. The number of thioether (sulfide) groups is 2. The van der Waals surface area contributed by atoms with Gasteiger partial charge in [0.05, 0.1) is 30.4 Å². The first-order valence-electron chi connectivity index (χ1n) is 9.01. The molecule has 1 aromatic rings. The first kappa shape index (κ1) is 19.1. The fourth-order valence-corrected chi connectivity index (χ4v) is 4.61. The van der Waals surface area contributed by atoms with Crippen LogP contribution in [0.3, 0.4) is 0 Å². The molecule has 3 aliphatic rings. The van der Waals surface area contributed by atoms with Gasteiger partial charge in [-0.25, -0.2) is 0 Å². The third-order valence-electron chi connectivity index (χ3n) is 4.38. The minimum absolute atomic E-state index is 0.0421. The maximum absolute atomic E-state index is 12.2. The number of rotatable bonds is 5. The Morgan fingerprint density at radius 3 is 3.11 bits per heavy atom. The molecule has 0 spiro atoms. The van der Waals surface area contributed by atoms with Crippen molar-refractivity contribution in [2.75, 3.05) is 13.7 Å². The second-order valence-corrected chi connectivity index (χ2v) is 8.88. The molecule has 0 bridgehead atoms. The average molecular weight is 417 g/mol. The van der Waals surface area contributed by atoms with Crippen molar-refractivity contribution in [3.63, 3.8) is 0 Å². The van der Waals surface area contributed by atoms with Crippen LogP contribution in [0.25, 0.3) is 0 Å². The van der Waals surface area contributed by atoms with E-state index in [0.717, 1.165) is 24.2 Å². The van der Waals surface area contributed by atoms with E-state index in [9.17, 15) is 9.59 Å². The van der Waals surface area contributed by atoms with Gasteiger partial charge in [0.15, 0.2) is 10.3 Å². The van der Waals surface area contributed by atoms with E-state index in [4.69, 9.17) is 4.74 Å². The van der Waals surface area contributed by atoms with Crippen LogP contribution < -0.4 is 15.4 Å². The van der Waals surface area contributed by atoms with Gasteiger partial charge in [-0.1, -0.05) is 23.9 Å². The van der Waals surface area contributed by atoms with E-state index in [1.807, 2.05) is 30.3 Å². The van der Waals surface area contributed by atoms with Crippen molar-refractivity contribution < 1.29 is 14.3 Å². The molecule has 7 nitrogen and oxygen atoms in total. The van der Waals surface area contributed by atoms with E-state index in [1.54, 1.807) is 7.11 Å². The lowest BCUT2D eigenvalue weighted by Crippen LogP contribution is -2.28. The topological polar surface area (TPSA) is 92.2 Å². The van der Waals surface area contributed by atoms with E-state index >= 15 is 0 Å². The zero-order valence-electron chi connectivity index (χ0n) is 15.3. The standard InChI is InChI=1S/C19H20N4O3S2/c1-26-13-4-2-3-11(7-13)9-20-19-23-17(25)15(28-19)8-14-10-21-18(27-14)22-16(24)12-5-6-12/h2-4,7-8,12,14H,5-6,9-10H2,1H3,(H,20,23,25)(H,21,22,24)/b15-8-. The molecular formula is C19H20N4O3S2. The number of carbonyl (C=O) groups is 2. The lowest BCUT2D eigenvalue weighted by Gasteiger charge is -2.04. The fourth-order valence-electron chi connectivity index (χ4n) is 2.72. The Hall–Kier alpha value is -2.26. The average Bonchev–Trinajstić information content (AvgIpc) is 3.38. The summed E-state index contributed by atoms with van der Waals surface area (Å²) in [5.41, 5.74) is 1.01. The van der Waals surface area contributed by atoms with Crippen molar-refractivity contribution in [3.05, 3.63) is 40.8 Å². The quantitative estimate of drug-likeness (QED) is 0.719. The van der Waals surface area contributed by atoms with Gasteiger partial charge < -0.3 is 15.4 Å². The van der Waals surface area contributed by atoms with Crippen molar-refractivity contribution in [2.45, 2.75) is 24.6 Å². The zero-order valence-corrected chi connectivity index (χ0v) is 16.9. The van der Waals surface area contributed by atoms with Crippen LogP contribution in [0.15, 0.2) is 45.2 Å². The van der Waals surface area contributed by atoms with Gasteiger partial charge >= 0.3 is 0 Å². The molecule has 1 aliphatic carbocycles. The summed E-state index contributed by atoms with van der Waals surface area (Å²) in [6.45, 7) is 1.02. The Labute approximate surface area is 171 Å². The van der Waals surface area contributed by atoms with E-state index in [1.165, 1.54) is 23.5 Å². The summed E-state index contributed by atoms with van der Waals surface area (Å²) in [6, 6.07) is 7.68. The molecular weight excluding hydrogens is 396 g/mol. The first-order valence-corrected chi connectivity index (χ1v) is 10.7. The number of hydrogen-bond donors (Lipinski definition) is 2. The molecule has 2 aliphatic heterocycles. The fraction of sp³-hybridized carbons (Fsp3) is 0.368. The lowest BCUT2D eigenvalue weighted by molar-refractivity contribution is -0.120. The molecule has 146 valence electrons. The van der Waals surface area contributed by atoms with Crippen molar-refractivity contribution in [2.24, 2.45) is 15.9 Å². The summed E-state index contributed by atoms with van der Waals surface area (Å²) in [5, 5.41) is 6.95. The lowest BCUT2D eigenvalue weighted by atomic mass is 10.2. The maximum atomic E-state index is 12.2. The minimum atomic E-state index is -0.148. The van der Waals surface area contributed by atoms with E-state index in [-0.39, 0.29) is 23.0 Å². The van der Waals surface area contributed by atoms with Gasteiger partial charge in [0.2, 0.25) is 5.91 Å². The third kappa shape index (κ3) is 4.77. The molecule has 4 rings (SSSR count). The molecule has 2 amide bonds. The molecule has 28 heavy (non-hydrogen) atoms. The van der Waals surface area contributed by atoms with Crippen LogP contribution in [0, 0.1) is 5.92 Å². The highest BCUT2D eigenvalue weighted by Crippen LogP contribution is 2.31. The summed E-state index contributed by atoms with van der Waals surface area (Å²) in [5.74, 6) is 0.842. The molecule has 1 aromatic carbocycles. The number of amides is 2. The van der Waals surface area contributed by atoms with Crippen molar-refractivity contribution in [1.82, 2.24) is 10.6 Å². The molecule has 0 aromatic heterocycles. The molecule has 2 fully saturated rings. The Morgan fingerprint density at radius 2 is 2.32 bits per heavy atom. The molecule has 2 heterocycles. The minimum Gasteiger partial charge on any atom is -0.497 e. The van der Waals surface area contributed by atoms with Gasteiger partial charge in [-0.05, 0) is 48.4 Å². The molecule has 1 saturated carbocycles. The van der Waals surface area contributed by atoms with Crippen LogP contribution in [-0.2, 0) is 16.1 Å². The number of nitrogens with one attached hydrogen (secondary N) is 2. The number of aliphatic imine (C=N–C) groups is 2. The predicted octanol–water partition coefficient (Wildman–Crippen LogP) is 2.30. The normalized spacial score (nSPS) is 24.4. The number of nitrogens with zero attached hydrogens (tertiary/aromatic N) is 2. The van der Waals surface area contributed by atoms with Crippen molar-refractivity contribution >= 4 is 45.7 Å². The van der Waals surface area contributed by atoms with Crippen molar-refractivity contribution in [1.29, 1.82) is 0 Å².